The molecule has 6 heteroatoms. The van der Waals surface area contributed by atoms with Crippen LogP contribution in [0.15, 0.2) is 30.3 Å². The van der Waals surface area contributed by atoms with Crippen molar-refractivity contribution in [2.24, 2.45) is 5.73 Å². The van der Waals surface area contributed by atoms with E-state index in [1.165, 1.54) is 0 Å². The van der Waals surface area contributed by atoms with Crippen LogP contribution >= 0.6 is 0 Å². The molecule has 0 unspecified atom stereocenters. The maximum atomic E-state index is 12.1. The van der Waals surface area contributed by atoms with Crippen LogP contribution in [0.25, 0.3) is 0 Å². The second kappa shape index (κ2) is 5.96. The van der Waals surface area contributed by atoms with Crippen LogP contribution < -0.4 is 5.73 Å². The molecule has 0 spiro atoms. The molecule has 0 aromatic heterocycles. The Morgan fingerprint density at radius 1 is 1.05 bits per heavy atom. The summed E-state index contributed by atoms with van der Waals surface area (Å²) in [6.45, 7) is 2.31. The van der Waals surface area contributed by atoms with Gasteiger partial charge in [-0.3, -0.25) is 4.79 Å². The molecule has 2 amide bonds. The minimum absolute atomic E-state index is 0.0183. The number of nitrogens with two attached hydrogens (primary N) is 1. The number of hydrogen-bond donors (Lipinski definition) is 1. The summed E-state index contributed by atoms with van der Waals surface area (Å²) in [6, 6.07) is 9.58. The van der Waals surface area contributed by atoms with Gasteiger partial charge in [-0.2, -0.15) is 0 Å². The lowest BCUT2D eigenvalue weighted by Crippen LogP contribution is -2.55. The van der Waals surface area contributed by atoms with Gasteiger partial charge in [0.05, 0.1) is 5.54 Å². The number of benzene rings is 1. The highest BCUT2D eigenvalue weighted by molar-refractivity contribution is 5.89. The van der Waals surface area contributed by atoms with Gasteiger partial charge in [0.15, 0.2) is 0 Å². The second-order valence-corrected chi connectivity index (χ2v) is 5.98. The average Bonchev–Trinajstić information content (AvgIpc) is 3.32. The summed E-state index contributed by atoms with van der Waals surface area (Å²) in [7, 11) is 0. The average molecular weight is 303 g/mol. The Bertz CT molecular complexity index is 549. The Morgan fingerprint density at radius 2 is 1.64 bits per heavy atom. The van der Waals surface area contributed by atoms with Crippen LogP contribution in [0.4, 0.5) is 4.79 Å². The minimum Gasteiger partial charge on any atom is -0.445 e. The van der Waals surface area contributed by atoms with Crippen molar-refractivity contribution in [3.63, 3.8) is 0 Å². The molecule has 1 saturated heterocycles. The van der Waals surface area contributed by atoms with Crippen LogP contribution in [0, 0.1) is 0 Å². The fourth-order valence-corrected chi connectivity index (χ4v) is 2.57. The smallest absolute Gasteiger partial charge is 0.410 e. The Hall–Kier alpha value is -2.08. The molecule has 1 heterocycles. The first-order valence-electron chi connectivity index (χ1n) is 7.62. The van der Waals surface area contributed by atoms with Crippen molar-refractivity contribution in [2.45, 2.75) is 25.0 Å². The fourth-order valence-electron chi connectivity index (χ4n) is 2.57. The van der Waals surface area contributed by atoms with E-state index in [2.05, 4.69) is 0 Å². The molecule has 0 bridgehead atoms. The van der Waals surface area contributed by atoms with Gasteiger partial charge in [-0.05, 0) is 18.4 Å². The molecule has 1 aromatic rings. The molecular weight excluding hydrogens is 282 g/mol. The zero-order valence-electron chi connectivity index (χ0n) is 12.5. The van der Waals surface area contributed by atoms with E-state index in [0.717, 1.165) is 18.4 Å². The van der Waals surface area contributed by atoms with Crippen molar-refractivity contribution in [1.29, 1.82) is 0 Å². The molecule has 22 heavy (non-hydrogen) atoms. The molecule has 0 atom stereocenters. The van der Waals surface area contributed by atoms with Crippen LogP contribution in [0.5, 0.6) is 0 Å². The third kappa shape index (κ3) is 3.22. The normalized spacial score (nSPS) is 19.7. The van der Waals surface area contributed by atoms with E-state index in [4.69, 9.17) is 10.5 Å². The first-order valence-corrected chi connectivity index (χ1v) is 7.62. The highest BCUT2D eigenvalue weighted by Gasteiger charge is 2.48. The molecule has 1 aromatic carbocycles. The van der Waals surface area contributed by atoms with Crippen LogP contribution in [-0.2, 0) is 16.1 Å². The number of piperazine rings is 1. The highest BCUT2D eigenvalue weighted by atomic mass is 16.6. The number of nitrogens with zero attached hydrogens (tertiary/aromatic N) is 2. The molecule has 2 aliphatic rings. The van der Waals surface area contributed by atoms with Crippen LogP contribution in [0.2, 0.25) is 0 Å². The lowest BCUT2D eigenvalue weighted by Gasteiger charge is -2.35. The van der Waals surface area contributed by atoms with E-state index < -0.39 is 5.54 Å². The summed E-state index contributed by atoms with van der Waals surface area (Å²) < 4.78 is 5.30. The molecule has 2 fully saturated rings. The van der Waals surface area contributed by atoms with Crippen molar-refractivity contribution in [3.8, 4) is 0 Å². The van der Waals surface area contributed by atoms with E-state index >= 15 is 0 Å². The standard InChI is InChI=1S/C16H21N3O3/c17-16(6-7-16)14(20)18-8-10-19(11-9-18)15(21)22-12-13-4-2-1-3-5-13/h1-5H,6-12,17H2. The number of hydrogen-bond acceptors (Lipinski definition) is 4. The molecule has 1 aliphatic carbocycles. The largest absolute Gasteiger partial charge is 0.445 e. The highest BCUT2D eigenvalue weighted by Crippen LogP contribution is 2.34. The predicted molar refractivity (Wildman–Crippen MR) is 80.9 cm³/mol. The predicted octanol–water partition coefficient (Wildman–Crippen LogP) is 0.959. The third-order valence-electron chi connectivity index (χ3n) is 4.24. The molecule has 2 N–H and O–H groups in total. The van der Waals surface area contributed by atoms with Crippen LogP contribution in [0.1, 0.15) is 18.4 Å². The number of rotatable bonds is 3. The topological polar surface area (TPSA) is 75.9 Å². The maximum Gasteiger partial charge on any atom is 0.410 e. The van der Waals surface area contributed by atoms with Crippen LogP contribution in [0.3, 0.4) is 0 Å². The van der Waals surface area contributed by atoms with Gasteiger partial charge in [-0.25, -0.2) is 4.79 Å². The van der Waals surface area contributed by atoms with Crippen molar-refractivity contribution in [2.75, 3.05) is 26.2 Å². The monoisotopic (exact) mass is 303 g/mol. The van der Waals surface area contributed by atoms with Crippen molar-refractivity contribution < 1.29 is 14.3 Å². The molecule has 3 rings (SSSR count). The Balaban J connectivity index is 1.45. The van der Waals surface area contributed by atoms with Gasteiger partial charge in [-0.15, -0.1) is 0 Å². The van der Waals surface area contributed by atoms with E-state index in [-0.39, 0.29) is 18.6 Å². The summed E-state index contributed by atoms with van der Waals surface area (Å²) in [5, 5.41) is 0. The summed E-state index contributed by atoms with van der Waals surface area (Å²) in [6.07, 6.45) is 1.21. The van der Waals surface area contributed by atoms with Gasteiger partial charge in [0.25, 0.3) is 0 Å². The van der Waals surface area contributed by atoms with Gasteiger partial charge in [0.2, 0.25) is 5.91 Å². The molecule has 1 aliphatic heterocycles. The molecular formula is C16H21N3O3. The number of amides is 2. The molecule has 0 radical (unpaired) electrons. The summed E-state index contributed by atoms with van der Waals surface area (Å²) >= 11 is 0. The van der Waals surface area contributed by atoms with Crippen LogP contribution in [-0.4, -0.2) is 53.5 Å². The van der Waals surface area contributed by atoms with E-state index in [0.29, 0.717) is 26.2 Å². The molecule has 1 saturated carbocycles. The molecule has 118 valence electrons. The fraction of sp³-hybridized carbons (Fsp3) is 0.500. The Kier molecular flexibility index (Phi) is 4.02. The quantitative estimate of drug-likeness (QED) is 0.902. The third-order valence-corrected chi connectivity index (χ3v) is 4.24. The van der Waals surface area contributed by atoms with Crippen molar-refractivity contribution in [1.82, 2.24) is 9.80 Å². The van der Waals surface area contributed by atoms with E-state index in [1.54, 1.807) is 9.80 Å². The summed E-state index contributed by atoms with van der Waals surface area (Å²) in [5.74, 6) is 0.0183. The lowest BCUT2D eigenvalue weighted by atomic mass is 10.2. The lowest BCUT2D eigenvalue weighted by molar-refractivity contribution is -0.135. The zero-order chi connectivity index (χ0) is 15.6. The maximum absolute atomic E-state index is 12.1. The van der Waals surface area contributed by atoms with E-state index in [9.17, 15) is 9.59 Å². The molecule has 6 nitrogen and oxygen atoms in total. The zero-order valence-corrected chi connectivity index (χ0v) is 12.5. The number of carbonyl (C=O) groups excluding carboxylic acids is 2. The van der Waals surface area contributed by atoms with Gasteiger partial charge >= 0.3 is 6.09 Å². The summed E-state index contributed by atoms with van der Waals surface area (Å²) in [5.41, 5.74) is 6.26. The Morgan fingerprint density at radius 3 is 2.23 bits per heavy atom. The van der Waals surface area contributed by atoms with Gasteiger partial charge < -0.3 is 20.3 Å². The Labute approximate surface area is 129 Å². The number of carbonyl (C=O) groups is 2. The second-order valence-electron chi connectivity index (χ2n) is 5.98. The minimum atomic E-state index is -0.629. The van der Waals surface area contributed by atoms with Crippen molar-refractivity contribution >= 4 is 12.0 Å². The first-order chi connectivity index (χ1) is 10.6. The van der Waals surface area contributed by atoms with E-state index in [1.807, 2.05) is 30.3 Å². The van der Waals surface area contributed by atoms with Gasteiger partial charge in [0.1, 0.15) is 6.61 Å². The number of ether oxygens (including phenoxy) is 1. The van der Waals surface area contributed by atoms with Crippen molar-refractivity contribution in [3.05, 3.63) is 35.9 Å². The summed E-state index contributed by atoms with van der Waals surface area (Å²) in [4.78, 5) is 27.6. The van der Waals surface area contributed by atoms with Gasteiger partial charge in [-0.1, -0.05) is 30.3 Å². The first kappa shape index (κ1) is 14.8. The SMILES string of the molecule is NC1(C(=O)N2CCN(C(=O)OCc3ccccc3)CC2)CC1. The van der Waals surface area contributed by atoms with Gasteiger partial charge in [0, 0.05) is 26.2 Å².